The Balaban J connectivity index is 2.09. The van der Waals surface area contributed by atoms with Gasteiger partial charge in [-0.05, 0) is 30.3 Å². The Morgan fingerprint density at radius 2 is 1.33 bits per heavy atom. The molecule has 0 aliphatic rings. The molecular weight excluding hydrogens is 335 g/mol. The van der Waals surface area contributed by atoms with E-state index in [2.05, 4.69) is 10.6 Å². The molecule has 2 aromatic carbocycles. The molecule has 0 bridgehead atoms. The van der Waals surface area contributed by atoms with Crippen molar-refractivity contribution in [2.45, 2.75) is 0 Å². The minimum Gasteiger partial charge on any atom is -0.497 e. The van der Waals surface area contributed by atoms with Gasteiger partial charge in [-0.2, -0.15) is 0 Å². The van der Waals surface area contributed by atoms with Crippen LogP contribution in [0.5, 0.6) is 5.75 Å². The number of halogens is 3. The standard InChI is InChI=1S/C14H11Cl3N2O2/c1-21-13-6-10(17)5-12(7-13)19-14(20)18-11-3-8(15)2-9(16)4-11/h2-7H,1H3,(H2,18,19,20). The lowest BCUT2D eigenvalue weighted by Gasteiger charge is -2.10. The van der Waals surface area contributed by atoms with Crippen LogP contribution in [0, 0.1) is 0 Å². The highest BCUT2D eigenvalue weighted by atomic mass is 35.5. The van der Waals surface area contributed by atoms with E-state index < -0.39 is 6.03 Å². The first kappa shape index (κ1) is 15.8. The number of amides is 2. The van der Waals surface area contributed by atoms with Gasteiger partial charge in [-0.3, -0.25) is 0 Å². The Kier molecular flexibility index (Phi) is 5.17. The first-order chi connectivity index (χ1) is 9.96. The third-order valence-corrected chi connectivity index (χ3v) is 3.14. The molecule has 2 amide bonds. The summed E-state index contributed by atoms with van der Waals surface area (Å²) in [5.41, 5.74) is 0.990. The second-order valence-corrected chi connectivity index (χ2v) is 5.43. The Morgan fingerprint density at radius 3 is 1.86 bits per heavy atom. The molecule has 4 nitrogen and oxygen atoms in total. The van der Waals surface area contributed by atoms with E-state index in [0.29, 0.717) is 32.2 Å². The molecule has 2 rings (SSSR count). The molecule has 0 unspecified atom stereocenters. The Hall–Kier alpha value is -1.62. The maximum Gasteiger partial charge on any atom is 0.323 e. The number of urea groups is 1. The average Bonchev–Trinajstić information content (AvgIpc) is 2.36. The molecule has 0 aliphatic carbocycles. The maximum atomic E-state index is 11.9. The molecule has 7 heteroatoms. The molecule has 0 saturated heterocycles. The van der Waals surface area contributed by atoms with Crippen molar-refractivity contribution in [2.75, 3.05) is 17.7 Å². The summed E-state index contributed by atoms with van der Waals surface area (Å²) in [4.78, 5) is 11.9. The smallest absolute Gasteiger partial charge is 0.323 e. The third kappa shape index (κ3) is 4.70. The van der Waals surface area contributed by atoms with Crippen molar-refractivity contribution in [3.63, 3.8) is 0 Å². The minimum absolute atomic E-state index is 0.433. The number of ether oxygens (including phenoxy) is 1. The molecule has 2 N–H and O–H groups in total. The molecule has 0 spiro atoms. The maximum absolute atomic E-state index is 11.9. The number of carbonyl (C=O) groups excluding carboxylic acids is 1. The highest BCUT2D eigenvalue weighted by Gasteiger charge is 2.06. The molecule has 21 heavy (non-hydrogen) atoms. The van der Waals surface area contributed by atoms with E-state index >= 15 is 0 Å². The van der Waals surface area contributed by atoms with Gasteiger partial charge in [0, 0.05) is 32.5 Å². The largest absolute Gasteiger partial charge is 0.497 e. The van der Waals surface area contributed by atoms with Crippen LogP contribution in [0.15, 0.2) is 36.4 Å². The first-order valence-corrected chi connectivity index (χ1v) is 6.98. The Bertz CT molecular complexity index is 657. The quantitative estimate of drug-likeness (QED) is 0.793. The van der Waals surface area contributed by atoms with Crippen LogP contribution in [-0.2, 0) is 0 Å². The van der Waals surface area contributed by atoms with Gasteiger partial charge in [-0.15, -0.1) is 0 Å². The molecule has 0 saturated carbocycles. The molecule has 2 aromatic rings. The summed E-state index contributed by atoms with van der Waals surface area (Å²) in [6, 6.07) is 9.20. The van der Waals surface area contributed by atoms with Crippen LogP contribution >= 0.6 is 34.8 Å². The van der Waals surface area contributed by atoms with E-state index in [9.17, 15) is 4.79 Å². The number of anilines is 2. The lowest BCUT2D eigenvalue weighted by Crippen LogP contribution is -2.19. The van der Waals surface area contributed by atoms with Gasteiger partial charge in [-0.25, -0.2) is 4.79 Å². The molecule has 0 atom stereocenters. The van der Waals surface area contributed by atoms with E-state index in [0.717, 1.165) is 0 Å². The van der Waals surface area contributed by atoms with E-state index in [1.165, 1.54) is 7.11 Å². The first-order valence-electron chi connectivity index (χ1n) is 5.85. The molecule has 0 heterocycles. The normalized spacial score (nSPS) is 10.1. The van der Waals surface area contributed by atoms with Crippen LogP contribution in [0.1, 0.15) is 0 Å². The van der Waals surface area contributed by atoms with Gasteiger partial charge in [-0.1, -0.05) is 34.8 Å². The van der Waals surface area contributed by atoms with Gasteiger partial charge in [0.05, 0.1) is 7.11 Å². The van der Waals surface area contributed by atoms with Gasteiger partial charge in [0.25, 0.3) is 0 Å². The second kappa shape index (κ2) is 6.89. The van der Waals surface area contributed by atoms with E-state index in [4.69, 9.17) is 39.5 Å². The fraction of sp³-hybridized carbons (Fsp3) is 0.0714. The molecule has 0 fully saturated rings. The van der Waals surface area contributed by atoms with Crippen LogP contribution in [0.25, 0.3) is 0 Å². The van der Waals surface area contributed by atoms with E-state index in [1.807, 2.05) is 0 Å². The van der Waals surface area contributed by atoms with Crippen molar-refractivity contribution in [2.24, 2.45) is 0 Å². The van der Waals surface area contributed by atoms with Crippen molar-refractivity contribution in [1.82, 2.24) is 0 Å². The minimum atomic E-state index is -0.447. The predicted molar refractivity (Wildman–Crippen MR) is 87.1 cm³/mol. The van der Waals surface area contributed by atoms with E-state index in [1.54, 1.807) is 36.4 Å². The van der Waals surface area contributed by atoms with Gasteiger partial charge in [0.2, 0.25) is 0 Å². The Morgan fingerprint density at radius 1 is 0.857 bits per heavy atom. The molecule has 0 aliphatic heterocycles. The van der Waals surface area contributed by atoms with Gasteiger partial charge in [0.1, 0.15) is 5.75 Å². The highest BCUT2D eigenvalue weighted by molar-refractivity contribution is 6.35. The fourth-order valence-electron chi connectivity index (χ4n) is 1.67. The summed E-state index contributed by atoms with van der Waals surface area (Å²) in [5, 5.41) is 6.59. The van der Waals surface area contributed by atoms with E-state index in [-0.39, 0.29) is 0 Å². The molecular formula is C14H11Cl3N2O2. The number of carbonyl (C=O) groups is 1. The van der Waals surface area contributed by atoms with Crippen LogP contribution in [0.2, 0.25) is 15.1 Å². The van der Waals surface area contributed by atoms with Crippen molar-refractivity contribution in [3.05, 3.63) is 51.5 Å². The summed E-state index contributed by atoms with van der Waals surface area (Å²) in [7, 11) is 1.52. The summed E-state index contributed by atoms with van der Waals surface area (Å²) in [5.74, 6) is 0.545. The monoisotopic (exact) mass is 344 g/mol. The van der Waals surface area contributed by atoms with Crippen LogP contribution in [0.3, 0.4) is 0 Å². The van der Waals surface area contributed by atoms with Gasteiger partial charge < -0.3 is 15.4 Å². The van der Waals surface area contributed by atoms with Crippen molar-refractivity contribution in [1.29, 1.82) is 0 Å². The third-order valence-electron chi connectivity index (χ3n) is 2.49. The SMILES string of the molecule is COc1cc(Cl)cc(NC(=O)Nc2cc(Cl)cc(Cl)c2)c1. The Labute approximate surface area is 137 Å². The van der Waals surface area contributed by atoms with Crippen molar-refractivity contribution in [3.8, 4) is 5.75 Å². The topological polar surface area (TPSA) is 50.4 Å². The summed E-state index contributed by atoms with van der Waals surface area (Å²) in [6.07, 6.45) is 0. The molecule has 110 valence electrons. The van der Waals surface area contributed by atoms with Gasteiger partial charge in [0.15, 0.2) is 0 Å². The zero-order valence-electron chi connectivity index (χ0n) is 10.9. The zero-order valence-corrected chi connectivity index (χ0v) is 13.2. The van der Waals surface area contributed by atoms with Crippen molar-refractivity contribution < 1.29 is 9.53 Å². The van der Waals surface area contributed by atoms with Gasteiger partial charge >= 0.3 is 6.03 Å². The lowest BCUT2D eigenvalue weighted by atomic mass is 10.3. The number of hydrogen-bond acceptors (Lipinski definition) is 2. The highest BCUT2D eigenvalue weighted by Crippen LogP contribution is 2.25. The second-order valence-electron chi connectivity index (χ2n) is 4.12. The number of methoxy groups -OCH3 is 1. The zero-order chi connectivity index (χ0) is 15.4. The van der Waals surface area contributed by atoms with Crippen LogP contribution < -0.4 is 15.4 Å². The molecule has 0 radical (unpaired) electrons. The average molecular weight is 346 g/mol. The van der Waals surface area contributed by atoms with Crippen LogP contribution in [0.4, 0.5) is 16.2 Å². The summed E-state index contributed by atoms with van der Waals surface area (Å²) < 4.78 is 5.08. The number of nitrogens with one attached hydrogen (secondary N) is 2. The predicted octanol–water partition coefficient (Wildman–Crippen LogP) is 5.30. The fourth-order valence-corrected chi connectivity index (χ4v) is 2.42. The van der Waals surface area contributed by atoms with Crippen LogP contribution in [-0.4, -0.2) is 13.1 Å². The lowest BCUT2D eigenvalue weighted by molar-refractivity contribution is 0.262. The molecule has 0 aromatic heterocycles. The number of hydrogen-bond donors (Lipinski definition) is 2. The summed E-state index contributed by atoms with van der Waals surface area (Å²) >= 11 is 17.7. The van der Waals surface area contributed by atoms with Crippen molar-refractivity contribution >= 4 is 52.2 Å². The number of rotatable bonds is 3. The number of benzene rings is 2. The summed E-state index contributed by atoms with van der Waals surface area (Å²) in [6.45, 7) is 0.